The molecule has 1 atom stereocenters. The Balaban J connectivity index is 1.77. The van der Waals surface area contributed by atoms with Gasteiger partial charge in [-0.15, -0.1) is 11.8 Å². The van der Waals surface area contributed by atoms with Gasteiger partial charge in [-0.05, 0) is 30.5 Å². The number of carbonyl (C=O) groups is 1. The fourth-order valence-electron chi connectivity index (χ4n) is 4.01. The van der Waals surface area contributed by atoms with Crippen molar-refractivity contribution in [3.63, 3.8) is 0 Å². The maximum absolute atomic E-state index is 12.9. The van der Waals surface area contributed by atoms with E-state index in [1.165, 1.54) is 31.0 Å². The molecular formula is C19H24N4O2S. The highest BCUT2D eigenvalue weighted by molar-refractivity contribution is 8.00. The minimum Gasteiger partial charge on any atom is -0.310 e. The van der Waals surface area contributed by atoms with Crippen LogP contribution >= 0.6 is 11.8 Å². The summed E-state index contributed by atoms with van der Waals surface area (Å²) in [6, 6.07) is 4.08. The summed E-state index contributed by atoms with van der Waals surface area (Å²) in [6.07, 6.45) is 11.7. The van der Waals surface area contributed by atoms with Crippen LogP contribution in [0.5, 0.6) is 0 Å². The minimum atomic E-state index is -0.162. The van der Waals surface area contributed by atoms with Gasteiger partial charge in [-0.2, -0.15) is 0 Å². The van der Waals surface area contributed by atoms with Crippen molar-refractivity contribution in [1.29, 1.82) is 0 Å². The fraction of sp³-hybridized carbons (Fsp3) is 0.526. The molecule has 1 aliphatic heterocycles. The minimum absolute atomic E-state index is 0.0496. The van der Waals surface area contributed by atoms with E-state index in [2.05, 4.69) is 15.4 Å². The first-order valence-electron chi connectivity index (χ1n) is 9.40. The van der Waals surface area contributed by atoms with E-state index in [-0.39, 0.29) is 22.8 Å². The highest BCUT2D eigenvalue weighted by Crippen LogP contribution is 2.41. The second-order valence-corrected chi connectivity index (χ2v) is 8.19. The number of aromatic nitrogens is 3. The first-order valence-corrected chi connectivity index (χ1v) is 10.4. The molecule has 1 amide bonds. The molecule has 26 heavy (non-hydrogen) atoms. The largest absolute Gasteiger partial charge is 0.310 e. The third-order valence-corrected chi connectivity index (χ3v) is 6.58. The number of thioether (sulfide) groups is 1. The number of amides is 1. The number of carbonyl (C=O) groups excluding carboxylic acids is 1. The van der Waals surface area contributed by atoms with Gasteiger partial charge in [0.25, 0.3) is 5.56 Å². The molecule has 0 bridgehead atoms. The summed E-state index contributed by atoms with van der Waals surface area (Å²) in [5.41, 5.74) is 1.57. The van der Waals surface area contributed by atoms with Gasteiger partial charge < -0.3 is 5.32 Å². The predicted octanol–water partition coefficient (Wildman–Crippen LogP) is 3.63. The zero-order chi connectivity index (χ0) is 17.9. The molecule has 2 aliphatic rings. The topological polar surface area (TPSA) is 79.8 Å². The van der Waals surface area contributed by atoms with Gasteiger partial charge in [-0.3, -0.25) is 24.4 Å². The van der Waals surface area contributed by atoms with Gasteiger partial charge in [0, 0.05) is 12.4 Å². The zero-order valence-electron chi connectivity index (χ0n) is 14.7. The third-order valence-electron chi connectivity index (χ3n) is 5.31. The van der Waals surface area contributed by atoms with E-state index in [0.717, 1.165) is 31.2 Å². The van der Waals surface area contributed by atoms with E-state index >= 15 is 0 Å². The van der Waals surface area contributed by atoms with Crippen molar-refractivity contribution in [2.75, 3.05) is 11.1 Å². The molecule has 2 aromatic rings. The first kappa shape index (κ1) is 17.4. The van der Waals surface area contributed by atoms with Crippen LogP contribution in [-0.2, 0) is 4.79 Å². The van der Waals surface area contributed by atoms with Crippen molar-refractivity contribution in [2.45, 2.75) is 56.2 Å². The molecule has 1 saturated carbocycles. The Morgan fingerprint density at radius 2 is 1.73 bits per heavy atom. The quantitative estimate of drug-likeness (QED) is 0.844. The van der Waals surface area contributed by atoms with Gasteiger partial charge in [0.1, 0.15) is 5.82 Å². The number of nitrogens with zero attached hydrogens (tertiary/aromatic N) is 2. The molecule has 2 N–H and O–H groups in total. The Labute approximate surface area is 156 Å². The molecule has 0 saturated heterocycles. The standard InChI is InChI=1S/C19H24N4O2S/c24-15-12-26-17(13-8-10-20-11-9-13)16-18(21-15)23(22-19(16)25)14-6-4-2-1-3-5-7-14/h8-11,14,17H,1-7,12H2,(H,21,24)(H,22,25). The molecule has 6 nitrogen and oxygen atoms in total. The van der Waals surface area contributed by atoms with Crippen molar-refractivity contribution in [2.24, 2.45) is 0 Å². The summed E-state index contributed by atoms with van der Waals surface area (Å²) in [7, 11) is 0. The van der Waals surface area contributed by atoms with Gasteiger partial charge >= 0.3 is 0 Å². The second kappa shape index (κ2) is 7.70. The molecular weight excluding hydrogens is 348 g/mol. The maximum atomic E-state index is 12.9. The summed E-state index contributed by atoms with van der Waals surface area (Å²) in [5.74, 6) is 0.954. The number of pyridine rings is 1. The number of fused-ring (bicyclic) bond motifs is 1. The monoisotopic (exact) mass is 372 g/mol. The van der Waals surface area contributed by atoms with E-state index in [9.17, 15) is 9.59 Å². The molecule has 7 heteroatoms. The molecule has 1 fully saturated rings. The summed E-state index contributed by atoms with van der Waals surface area (Å²) in [6.45, 7) is 0. The average Bonchev–Trinajstić information content (AvgIpc) is 2.82. The highest BCUT2D eigenvalue weighted by Gasteiger charge is 2.32. The summed E-state index contributed by atoms with van der Waals surface area (Å²) in [4.78, 5) is 29.3. The molecule has 2 aromatic heterocycles. The van der Waals surface area contributed by atoms with Crippen LogP contribution in [0.25, 0.3) is 0 Å². The summed E-state index contributed by atoms with van der Waals surface area (Å²) >= 11 is 1.50. The van der Waals surface area contributed by atoms with Crippen molar-refractivity contribution < 1.29 is 4.79 Å². The SMILES string of the molecule is O=C1CSC(c2ccncc2)c2c(n(C3CCCCCCC3)[nH]c2=O)N1. The van der Waals surface area contributed by atoms with E-state index < -0.39 is 0 Å². The molecule has 0 aromatic carbocycles. The number of aromatic amines is 1. The van der Waals surface area contributed by atoms with Crippen LogP contribution in [0.3, 0.4) is 0 Å². The Bertz CT molecular complexity index is 822. The van der Waals surface area contributed by atoms with Crippen LogP contribution in [0.15, 0.2) is 29.3 Å². The fourth-order valence-corrected chi connectivity index (χ4v) is 5.14. The van der Waals surface area contributed by atoms with Crippen molar-refractivity contribution in [3.05, 3.63) is 46.0 Å². The Hall–Kier alpha value is -2.02. The molecule has 1 aliphatic carbocycles. The van der Waals surface area contributed by atoms with Crippen LogP contribution in [0.4, 0.5) is 5.82 Å². The molecule has 4 rings (SSSR count). The first-order chi connectivity index (χ1) is 12.7. The number of rotatable bonds is 2. The molecule has 0 spiro atoms. The van der Waals surface area contributed by atoms with E-state index in [1.807, 2.05) is 16.8 Å². The Kier molecular flexibility index (Phi) is 5.15. The van der Waals surface area contributed by atoms with E-state index in [0.29, 0.717) is 17.1 Å². The normalized spacial score (nSPS) is 22.0. The Morgan fingerprint density at radius 1 is 1.04 bits per heavy atom. The van der Waals surface area contributed by atoms with Gasteiger partial charge in [0.15, 0.2) is 0 Å². The highest BCUT2D eigenvalue weighted by atomic mass is 32.2. The molecule has 3 heterocycles. The zero-order valence-corrected chi connectivity index (χ0v) is 15.6. The number of hydrogen-bond donors (Lipinski definition) is 2. The molecule has 0 radical (unpaired) electrons. The van der Waals surface area contributed by atoms with Crippen molar-refractivity contribution in [3.8, 4) is 0 Å². The van der Waals surface area contributed by atoms with Gasteiger partial charge in [-0.1, -0.05) is 32.1 Å². The van der Waals surface area contributed by atoms with Gasteiger partial charge in [-0.25, -0.2) is 0 Å². The Morgan fingerprint density at radius 3 is 2.46 bits per heavy atom. The van der Waals surface area contributed by atoms with Crippen LogP contribution < -0.4 is 10.9 Å². The lowest BCUT2D eigenvalue weighted by Crippen LogP contribution is -2.20. The lowest BCUT2D eigenvalue weighted by atomic mass is 9.97. The number of hydrogen-bond acceptors (Lipinski definition) is 4. The van der Waals surface area contributed by atoms with Gasteiger partial charge in [0.05, 0.1) is 22.6 Å². The summed E-state index contributed by atoms with van der Waals surface area (Å²) < 4.78 is 1.95. The smallest absolute Gasteiger partial charge is 0.270 e. The number of H-pyrrole nitrogens is 1. The van der Waals surface area contributed by atoms with Crippen LogP contribution in [0.1, 0.15) is 67.4 Å². The predicted molar refractivity (Wildman–Crippen MR) is 104 cm³/mol. The van der Waals surface area contributed by atoms with Gasteiger partial charge in [0.2, 0.25) is 5.91 Å². The lowest BCUT2D eigenvalue weighted by molar-refractivity contribution is -0.113. The van der Waals surface area contributed by atoms with Crippen molar-refractivity contribution in [1.82, 2.24) is 14.8 Å². The van der Waals surface area contributed by atoms with Crippen LogP contribution in [-0.4, -0.2) is 26.4 Å². The maximum Gasteiger partial charge on any atom is 0.270 e. The summed E-state index contributed by atoms with van der Waals surface area (Å²) in [5, 5.41) is 5.88. The second-order valence-electron chi connectivity index (χ2n) is 7.09. The molecule has 138 valence electrons. The van der Waals surface area contributed by atoms with E-state index in [1.54, 1.807) is 12.4 Å². The van der Waals surface area contributed by atoms with Crippen LogP contribution in [0.2, 0.25) is 0 Å². The number of anilines is 1. The molecule has 1 unspecified atom stereocenters. The van der Waals surface area contributed by atoms with Crippen LogP contribution in [0, 0.1) is 0 Å². The van der Waals surface area contributed by atoms with E-state index in [4.69, 9.17) is 0 Å². The average molecular weight is 372 g/mol. The van der Waals surface area contributed by atoms with Crippen molar-refractivity contribution >= 4 is 23.5 Å². The number of nitrogens with one attached hydrogen (secondary N) is 2. The third kappa shape index (κ3) is 3.45. The lowest BCUT2D eigenvalue weighted by Gasteiger charge is -2.23.